The van der Waals surface area contributed by atoms with E-state index in [2.05, 4.69) is 0 Å². The van der Waals surface area contributed by atoms with Gasteiger partial charge in [-0.1, -0.05) is 0 Å². The molecule has 1 aromatic carbocycles. The van der Waals surface area contributed by atoms with Gasteiger partial charge in [-0.25, -0.2) is 4.79 Å². The fraction of sp³-hybridized carbons (Fsp3) is 0.375. The molecule has 1 aromatic heterocycles. The van der Waals surface area contributed by atoms with Gasteiger partial charge in [0.25, 0.3) is 0 Å². The van der Waals surface area contributed by atoms with Crippen molar-refractivity contribution in [2.45, 2.75) is 26.1 Å². The van der Waals surface area contributed by atoms with Crippen LogP contribution in [0.1, 0.15) is 28.6 Å². The van der Waals surface area contributed by atoms with Gasteiger partial charge in [-0.2, -0.15) is 0 Å². The minimum atomic E-state index is -0.717. The Morgan fingerprint density at radius 1 is 1.39 bits per heavy atom. The van der Waals surface area contributed by atoms with Gasteiger partial charge in [-0.3, -0.25) is 4.79 Å². The Bertz CT molecular complexity index is 850. The van der Waals surface area contributed by atoms with Crippen LogP contribution in [0.4, 0.5) is 0 Å². The van der Waals surface area contributed by atoms with Crippen molar-refractivity contribution >= 4 is 16.9 Å². The van der Waals surface area contributed by atoms with Crippen molar-refractivity contribution in [1.82, 2.24) is 0 Å². The highest BCUT2D eigenvalue weighted by atomic mass is 16.5. The summed E-state index contributed by atoms with van der Waals surface area (Å²) in [6.45, 7) is 1.96. The summed E-state index contributed by atoms with van der Waals surface area (Å²) in [6.07, 6.45) is 0.306. The molecule has 1 N–H and O–H groups in total. The molecule has 0 radical (unpaired) electrons. The topological polar surface area (TPSA) is 95.2 Å². The van der Waals surface area contributed by atoms with Gasteiger partial charge < -0.3 is 23.7 Å². The summed E-state index contributed by atoms with van der Waals surface area (Å²) < 4.78 is 21.0. The van der Waals surface area contributed by atoms with E-state index in [1.807, 2.05) is 6.92 Å². The number of rotatable bonds is 2. The second kappa shape index (κ2) is 5.58. The summed E-state index contributed by atoms with van der Waals surface area (Å²) in [7, 11) is 2.55. The normalized spacial score (nSPS) is 16.9. The molecule has 0 unspecified atom stereocenters. The van der Waals surface area contributed by atoms with E-state index in [9.17, 15) is 14.7 Å². The molecule has 0 aliphatic carbocycles. The molecule has 1 aliphatic heterocycles. The van der Waals surface area contributed by atoms with E-state index in [1.165, 1.54) is 20.3 Å². The number of phenolic OH excluding ortho intramolecular Hbond substituents is 1. The van der Waals surface area contributed by atoms with E-state index in [1.54, 1.807) is 0 Å². The number of methoxy groups -OCH3 is 2. The molecule has 0 bridgehead atoms. The van der Waals surface area contributed by atoms with Gasteiger partial charge in [-0.05, 0) is 13.0 Å². The van der Waals surface area contributed by atoms with Crippen molar-refractivity contribution < 1.29 is 28.5 Å². The van der Waals surface area contributed by atoms with Gasteiger partial charge in [0.1, 0.15) is 5.76 Å². The monoisotopic (exact) mass is 320 g/mol. The summed E-state index contributed by atoms with van der Waals surface area (Å²) in [6, 6.07) is 1.26. The van der Waals surface area contributed by atoms with Gasteiger partial charge in [0.15, 0.2) is 16.8 Å². The first-order valence-electron chi connectivity index (χ1n) is 7.06. The predicted molar refractivity (Wildman–Crippen MR) is 80.0 cm³/mol. The van der Waals surface area contributed by atoms with Crippen molar-refractivity contribution in [1.29, 1.82) is 0 Å². The number of hydrogen-bond donors (Lipinski definition) is 1. The predicted octanol–water partition coefficient (Wildman–Crippen LogP) is 1.75. The van der Waals surface area contributed by atoms with E-state index < -0.39 is 11.4 Å². The lowest BCUT2D eigenvalue weighted by Gasteiger charge is -2.21. The minimum absolute atomic E-state index is 0.0210. The van der Waals surface area contributed by atoms with Crippen molar-refractivity contribution in [3.8, 4) is 11.5 Å². The number of esters is 1. The molecule has 1 atom stereocenters. The highest BCUT2D eigenvalue weighted by molar-refractivity contribution is 6.05. The fourth-order valence-corrected chi connectivity index (χ4v) is 2.69. The van der Waals surface area contributed by atoms with Crippen LogP contribution in [0.5, 0.6) is 11.5 Å². The molecule has 2 heterocycles. The average Bonchev–Trinajstić information content (AvgIpc) is 2.55. The van der Waals surface area contributed by atoms with Crippen molar-refractivity contribution in [3.05, 3.63) is 33.2 Å². The smallest absolute Gasteiger partial charge is 0.338 e. The first-order chi connectivity index (χ1) is 11.0. The SMILES string of the molecule is COC(=O)c1cc(OC)c(O)c2oc3c(c(=O)c12)CO[C@H](C)C3. The largest absolute Gasteiger partial charge is 0.502 e. The number of aromatic hydroxyl groups is 1. The average molecular weight is 320 g/mol. The molecule has 0 fully saturated rings. The summed E-state index contributed by atoms with van der Waals surface area (Å²) in [4.78, 5) is 24.8. The van der Waals surface area contributed by atoms with E-state index in [0.29, 0.717) is 17.7 Å². The fourth-order valence-electron chi connectivity index (χ4n) is 2.69. The second-order valence-corrected chi connectivity index (χ2v) is 5.33. The van der Waals surface area contributed by atoms with Gasteiger partial charge in [-0.15, -0.1) is 0 Å². The third kappa shape index (κ3) is 2.33. The Hall–Kier alpha value is -2.54. The highest BCUT2D eigenvalue weighted by Gasteiger charge is 2.28. The van der Waals surface area contributed by atoms with Crippen LogP contribution >= 0.6 is 0 Å². The number of phenols is 1. The van der Waals surface area contributed by atoms with Crippen molar-refractivity contribution in [3.63, 3.8) is 0 Å². The summed E-state index contributed by atoms with van der Waals surface area (Å²) in [5, 5.41) is 10.2. The Morgan fingerprint density at radius 2 is 2.13 bits per heavy atom. The molecular formula is C16H16O7. The maximum Gasteiger partial charge on any atom is 0.338 e. The molecule has 0 spiro atoms. The molecule has 0 saturated carbocycles. The zero-order chi connectivity index (χ0) is 16.7. The molecule has 1 aliphatic rings. The first-order valence-corrected chi connectivity index (χ1v) is 7.06. The van der Waals surface area contributed by atoms with E-state index in [-0.39, 0.29) is 40.7 Å². The molecule has 23 heavy (non-hydrogen) atoms. The standard InChI is InChI=1S/C16H16O7/c1-7-4-10-9(6-22-7)13(17)12-8(16(19)21-3)5-11(20-2)14(18)15(12)23-10/h5,7,18H,4,6H2,1-3H3/t7-/m1/s1. The van der Waals surface area contributed by atoms with Crippen LogP contribution in [0, 0.1) is 0 Å². The lowest BCUT2D eigenvalue weighted by Crippen LogP contribution is -2.26. The van der Waals surface area contributed by atoms with E-state index >= 15 is 0 Å². The third-order valence-corrected chi connectivity index (χ3v) is 3.89. The number of fused-ring (bicyclic) bond motifs is 2. The summed E-state index contributed by atoms with van der Waals surface area (Å²) in [5.41, 5.74) is -0.160. The van der Waals surface area contributed by atoms with Crippen LogP contribution in [0.3, 0.4) is 0 Å². The van der Waals surface area contributed by atoms with Gasteiger partial charge in [0, 0.05) is 6.42 Å². The lowest BCUT2D eigenvalue weighted by atomic mass is 10.0. The van der Waals surface area contributed by atoms with E-state index in [4.69, 9.17) is 18.6 Å². The number of benzene rings is 1. The molecule has 122 valence electrons. The maximum absolute atomic E-state index is 12.8. The van der Waals surface area contributed by atoms with Crippen LogP contribution in [0.25, 0.3) is 11.0 Å². The molecule has 2 aromatic rings. The molecular weight excluding hydrogens is 304 g/mol. The molecule has 7 nitrogen and oxygen atoms in total. The van der Waals surface area contributed by atoms with Gasteiger partial charge in [0.2, 0.25) is 5.75 Å². The Kier molecular flexibility index (Phi) is 3.73. The zero-order valence-electron chi connectivity index (χ0n) is 13.0. The second-order valence-electron chi connectivity index (χ2n) is 5.33. The van der Waals surface area contributed by atoms with Crippen LogP contribution in [0.15, 0.2) is 15.3 Å². The Morgan fingerprint density at radius 3 is 2.78 bits per heavy atom. The van der Waals surface area contributed by atoms with Gasteiger partial charge >= 0.3 is 5.97 Å². The Balaban J connectivity index is 2.43. The molecule has 0 saturated heterocycles. The van der Waals surface area contributed by atoms with E-state index in [0.717, 1.165) is 0 Å². The third-order valence-electron chi connectivity index (χ3n) is 3.89. The van der Waals surface area contributed by atoms with Crippen molar-refractivity contribution in [2.24, 2.45) is 0 Å². The summed E-state index contributed by atoms with van der Waals surface area (Å²) in [5.74, 6) is -0.568. The quantitative estimate of drug-likeness (QED) is 0.842. The number of hydrogen-bond acceptors (Lipinski definition) is 7. The molecule has 0 amide bonds. The minimum Gasteiger partial charge on any atom is -0.502 e. The highest BCUT2D eigenvalue weighted by Crippen LogP contribution is 2.37. The van der Waals surface area contributed by atoms with Gasteiger partial charge in [0.05, 0.1) is 43.4 Å². The molecule has 7 heteroatoms. The Labute approximate surface area is 131 Å². The number of carbonyl (C=O) groups excluding carboxylic acids is 1. The van der Waals surface area contributed by atoms with Crippen molar-refractivity contribution in [2.75, 3.05) is 14.2 Å². The first kappa shape index (κ1) is 15.4. The van der Waals surface area contributed by atoms with Crippen LogP contribution in [-0.2, 0) is 22.5 Å². The number of carbonyl (C=O) groups is 1. The number of ether oxygens (including phenoxy) is 3. The zero-order valence-corrected chi connectivity index (χ0v) is 13.0. The lowest BCUT2D eigenvalue weighted by molar-refractivity contribution is 0.0333. The van der Waals surface area contributed by atoms with Crippen LogP contribution in [0.2, 0.25) is 0 Å². The summed E-state index contributed by atoms with van der Waals surface area (Å²) >= 11 is 0. The maximum atomic E-state index is 12.8. The van der Waals surface area contributed by atoms with Crippen LogP contribution in [-0.4, -0.2) is 31.4 Å². The molecule has 3 rings (SSSR count). The van der Waals surface area contributed by atoms with Crippen LogP contribution < -0.4 is 10.2 Å².